The van der Waals surface area contributed by atoms with Gasteiger partial charge in [0.2, 0.25) is 0 Å². The summed E-state index contributed by atoms with van der Waals surface area (Å²) in [5, 5.41) is 29.5. The molecule has 1 aliphatic heterocycles. The average Bonchev–Trinajstić information content (AvgIpc) is 2.93. The lowest BCUT2D eigenvalue weighted by atomic mass is 9.90. The van der Waals surface area contributed by atoms with Crippen LogP contribution in [0.3, 0.4) is 0 Å². The number of benzene rings is 1. The lowest BCUT2D eigenvalue weighted by molar-refractivity contribution is 0.187. The van der Waals surface area contributed by atoms with Crippen LogP contribution < -0.4 is 0 Å². The van der Waals surface area contributed by atoms with Gasteiger partial charge in [0.1, 0.15) is 11.0 Å². The van der Waals surface area contributed by atoms with Gasteiger partial charge in [-0.05, 0) is 79.0 Å². The quantitative estimate of drug-likeness (QED) is 0.556. The van der Waals surface area contributed by atoms with E-state index in [0.717, 1.165) is 34.3 Å². The van der Waals surface area contributed by atoms with Crippen molar-refractivity contribution in [1.82, 2.24) is 0 Å². The second-order valence-corrected chi connectivity index (χ2v) is 10.5. The van der Waals surface area contributed by atoms with E-state index < -0.39 is 27.8 Å². The van der Waals surface area contributed by atoms with E-state index in [1.165, 1.54) is 0 Å². The Labute approximate surface area is 174 Å². The molecule has 1 heterocycles. The van der Waals surface area contributed by atoms with Crippen molar-refractivity contribution >= 4 is 15.9 Å². The molecule has 1 aromatic carbocycles. The molecule has 0 aromatic heterocycles. The zero-order valence-electron chi connectivity index (χ0n) is 18.1. The van der Waals surface area contributed by atoms with Crippen LogP contribution in [0.2, 0.25) is 0 Å². The summed E-state index contributed by atoms with van der Waals surface area (Å²) < 4.78 is 24.8. The zero-order chi connectivity index (χ0) is 21.9. The Balaban J connectivity index is 2.23. The first kappa shape index (κ1) is 23.6. The number of rotatable bonds is 8. The van der Waals surface area contributed by atoms with Gasteiger partial charge < -0.3 is 15.3 Å². The summed E-state index contributed by atoms with van der Waals surface area (Å²) >= 11 is 0. The van der Waals surface area contributed by atoms with Gasteiger partial charge in [0.05, 0.1) is 18.5 Å². The maximum atomic E-state index is 12.4. The number of aliphatic hydroxyl groups is 2. The minimum Gasteiger partial charge on any atom is -0.507 e. The fourth-order valence-corrected chi connectivity index (χ4v) is 6.14. The van der Waals surface area contributed by atoms with E-state index in [0.29, 0.717) is 24.2 Å². The first-order chi connectivity index (χ1) is 13.5. The maximum Gasteiger partial charge on any atom is 0.163 e. The predicted molar refractivity (Wildman–Crippen MR) is 118 cm³/mol. The van der Waals surface area contributed by atoms with Crippen LogP contribution in [0.5, 0.6) is 5.75 Å². The highest BCUT2D eigenvalue weighted by Crippen LogP contribution is 2.35. The zero-order valence-corrected chi connectivity index (χ0v) is 18.9. The van der Waals surface area contributed by atoms with E-state index >= 15 is 0 Å². The number of sulfone groups is 1. The van der Waals surface area contributed by atoms with Crippen LogP contribution in [-0.2, 0) is 9.84 Å². The molecule has 2 atom stereocenters. The molecule has 3 N–H and O–H groups in total. The van der Waals surface area contributed by atoms with E-state index in [1.54, 1.807) is 0 Å². The third-order valence-corrected chi connectivity index (χ3v) is 7.79. The highest BCUT2D eigenvalue weighted by atomic mass is 32.2. The molecular formula is C23H34O5S. The number of aryl methyl sites for hydroxylation is 2. The van der Waals surface area contributed by atoms with Crippen LogP contribution in [0.1, 0.15) is 56.7 Å². The number of phenolic OH excluding ortho intramolecular Hbond substituents is 1. The molecule has 162 valence electrons. The highest BCUT2D eigenvalue weighted by molar-refractivity contribution is 7.92. The van der Waals surface area contributed by atoms with Crippen molar-refractivity contribution in [1.29, 1.82) is 0 Å². The van der Waals surface area contributed by atoms with Crippen molar-refractivity contribution in [2.24, 2.45) is 5.92 Å². The number of aromatic hydroxyl groups is 1. The summed E-state index contributed by atoms with van der Waals surface area (Å²) in [5.41, 5.74) is 5.02. The number of phenols is 1. The third kappa shape index (κ3) is 5.30. The van der Waals surface area contributed by atoms with Gasteiger partial charge in [-0.3, -0.25) is 0 Å². The van der Waals surface area contributed by atoms with Crippen LogP contribution in [0.25, 0.3) is 6.08 Å². The topological polar surface area (TPSA) is 94.8 Å². The number of hydrogen-bond donors (Lipinski definition) is 3. The molecule has 0 fully saturated rings. The van der Waals surface area contributed by atoms with Gasteiger partial charge in [-0.15, -0.1) is 0 Å². The van der Waals surface area contributed by atoms with Gasteiger partial charge in [-0.1, -0.05) is 32.4 Å². The molecule has 2 rings (SSSR count). The molecule has 29 heavy (non-hydrogen) atoms. The Morgan fingerprint density at radius 2 is 1.83 bits per heavy atom. The van der Waals surface area contributed by atoms with Crippen LogP contribution in [-0.4, -0.2) is 47.5 Å². The third-order valence-electron chi connectivity index (χ3n) is 5.81. The molecule has 1 aromatic rings. The molecule has 0 saturated carbocycles. The second-order valence-electron chi connectivity index (χ2n) is 8.33. The van der Waals surface area contributed by atoms with Crippen molar-refractivity contribution in [2.75, 3.05) is 12.4 Å². The molecular weight excluding hydrogens is 388 g/mol. The first-order valence-electron chi connectivity index (χ1n) is 10.2. The first-order valence-corrected chi connectivity index (χ1v) is 12.0. The smallest absolute Gasteiger partial charge is 0.163 e. The Morgan fingerprint density at radius 1 is 1.24 bits per heavy atom. The standard InChI is InChI=1S/C23H34O5S/c1-6-17(11-18-9-15(4)23(26)16(5)10-18)7-8-20(25)22-19(14(2)3)13-29(27,28)21(22)12-24/h9-11,14,20-21,24-26H,6-8,12-13H2,1-5H3/b17-11+/t20-,21+/m1/s1. The van der Waals surface area contributed by atoms with Crippen LogP contribution in [0.15, 0.2) is 28.9 Å². The van der Waals surface area contributed by atoms with Gasteiger partial charge in [0.15, 0.2) is 9.84 Å². The molecule has 0 radical (unpaired) electrons. The molecule has 1 aliphatic rings. The molecule has 0 amide bonds. The van der Waals surface area contributed by atoms with Crippen molar-refractivity contribution in [2.45, 2.75) is 65.2 Å². The largest absolute Gasteiger partial charge is 0.507 e. The van der Waals surface area contributed by atoms with E-state index in [1.807, 2.05) is 46.8 Å². The normalized spacial score (nSPS) is 20.6. The fourth-order valence-electron chi connectivity index (χ4n) is 4.08. The van der Waals surface area contributed by atoms with E-state index in [-0.39, 0.29) is 11.7 Å². The Hall–Kier alpha value is -1.63. The predicted octanol–water partition coefficient (Wildman–Crippen LogP) is 3.69. The van der Waals surface area contributed by atoms with Crippen molar-refractivity contribution in [3.05, 3.63) is 45.5 Å². The summed E-state index contributed by atoms with van der Waals surface area (Å²) in [6, 6.07) is 3.86. The van der Waals surface area contributed by atoms with E-state index in [2.05, 4.69) is 6.08 Å². The molecule has 0 spiro atoms. The van der Waals surface area contributed by atoms with Crippen LogP contribution in [0.4, 0.5) is 0 Å². The SMILES string of the molecule is CC/C(=C\c1cc(C)c(O)c(C)c1)CC[C@@H](O)C1=C(C(C)C)CS(=O)(=O)[C@H]1CO. The Morgan fingerprint density at radius 3 is 2.31 bits per heavy atom. The van der Waals surface area contributed by atoms with Gasteiger partial charge in [-0.2, -0.15) is 0 Å². The maximum absolute atomic E-state index is 12.4. The fraction of sp³-hybridized carbons (Fsp3) is 0.565. The van der Waals surface area contributed by atoms with Gasteiger partial charge in [0, 0.05) is 0 Å². The van der Waals surface area contributed by atoms with Gasteiger partial charge in [0.25, 0.3) is 0 Å². The molecule has 0 unspecified atom stereocenters. The van der Waals surface area contributed by atoms with E-state index in [4.69, 9.17) is 0 Å². The summed E-state index contributed by atoms with van der Waals surface area (Å²) in [4.78, 5) is 0. The number of aliphatic hydroxyl groups excluding tert-OH is 2. The number of hydrogen-bond acceptors (Lipinski definition) is 5. The lowest BCUT2D eigenvalue weighted by Crippen LogP contribution is -2.29. The Kier molecular flexibility index (Phi) is 7.71. The molecule has 0 aliphatic carbocycles. The van der Waals surface area contributed by atoms with E-state index in [9.17, 15) is 23.7 Å². The molecule has 0 saturated heterocycles. The summed E-state index contributed by atoms with van der Waals surface area (Å²) in [7, 11) is -3.45. The summed E-state index contributed by atoms with van der Waals surface area (Å²) in [6.45, 7) is 9.13. The van der Waals surface area contributed by atoms with Crippen molar-refractivity contribution in [3.63, 3.8) is 0 Å². The van der Waals surface area contributed by atoms with Gasteiger partial charge >= 0.3 is 0 Å². The van der Waals surface area contributed by atoms with Crippen LogP contribution >= 0.6 is 0 Å². The number of allylic oxidation sites excluding steroid dienone is 1. The summed E-state index contributed by atoms with van der Waals surface area (Å²) in [6.07, 6.45) is 3.03. The minimum atomic E-state index is -3.45. The molecule has 5 nitrogen and oxygen atoms in total. The Bertz CT molecular complexity index is 886. The van der Waals surface area contributed by atoms with Crippen LogP contribution in [0, 0.1) is 19.8 Å². The lowest BCUT2D eigenvalue weighted by Gasteiger charge is -2.20. The molecule has 0 bridgehead atoms. The highest BCUT2D eigenvalue weighted by Gasteiger charge is 2.41. The van der Waals surface area contributed by atoms with Gasteiger partial charge in [-0.25, -0.2) is 8.42 Å². The van der Waals surface area contributed by atoms with Crippen molar-refractivity contribution < 1.29 is 23.7 Å². The average molecular weight is 423 g/mol. The summed E-state index contributed by atoms with van der Waals surface area (Å²) in [5.74, 6) is 0.238. The minimum absolute atomic E-state index is 0.00936. The monoisotopic (exact) mass is 422 g/mol. The second kappa shape index (κ2) is 9.45. The van der Waals surface area contributed by atoms with Crippen molar-refractivity contribution in [3.8, 4) is 5.75 Å². The molecule has 6 heteroatoms.